The highest BCUT2D eigenvalue weighted by atomic mass is 32.1. The molecule has 2 aromatic rings. The van der Waals surface area contributed by atoms with Crippen molar-refractivity contribution in [2.75, 3.05) is 24.4 Å². The smallest absolute Gasteiger partial charge is 0.230 e. The van der Waals surface area contributed by atoms with Gasteiger partial charge in [0.1, 0.15) is 5.75 Å². The highest BCUT2D eigenvalue weighted by molar-refractivity contribution is 7.80. The van der Waals surface area contributed by atoms with Crippen molar-refractivity contribution in [2.45, 2.75) is 13.3 Å². The largest absolute Gasteiger partial charge is 0.497 e. The molecule has 0 atom stereocenters. The Kier molecular flexibility index (Phi) is 6.68. The molecular formula is C19H21N3O3S. The molecule has 0 fully saturated rings. The van der Waals surface area contributed by atoms with Gasteiger partial charge in [0, 0.05) is 25.3 Å². The fourth-order valence-electron chi connectivity index (χ4n) is 2.24. The Morgan fingerprint density at radius 1 is 1.15 bits per heavy atom. The van der Waals surface area contributed by atoms with Crippen LogP contribution in [0.25, 0.3) is 0 Å². The van der Waals surface area contributed by atoms with Crippen LogP contribution in [-0.4, -0.2) is 31.1 Å². The number of ether oxygens (including phenoxy) is 1. The van der Waals surface area contributed by atoms with Crippen LogP contribution in [0.1, 0.15) is 12.5 Å². The number of anilines is 2. The lowest BCUT2D eigenvalue weighted by molar-refractivity contribution is -0.119. The molecule has 0 saturated heterocycles. The Bertz CT molecular complexity index is 806. The molecule has 136 valence electrons. The Balaban J connectivity index is 1.92. The van der Waals surface area contributed by atoms with Gasteiger partial charge in [-0.2, -0.15) is 0 Å². The van der Waals surface area contributed by atoms with Crippen molar-refractivity contribution in [2.24, 2.45) is 0 Å². The molecule has 0 spiro atoms. The van der Waals surface area contributed by atoms with E-state index in [0.717, 1.165) is 17.0 Å². The molecule has 26 heavy (non-hydrogen) atoms. The SMILES string of the molecule is COc1ccc(CC(=O)NC(=S)Nc2cccc(N(C)C(C)=O)c2)cc1. The van der Waals surface area contributed by atoms with Gasteiger partial charge >= 0.3 is 0 Å². The predicted molar refractivity (Wildman–Crippen MR) is 107 cm³/mol. The summed E-state index contributed by atoms with van der Waals surface area (Å²) in [5, 5.41) is 5.80. The fourth-order valence-corrected chi connectivity index (χ4v) is 2.47. The zero-order valence-corrected chi connectivity index (χ0v) is 15.7. The van der Waals surface area contributed by atoms with Gasteiger partial charge in [-0.3, -0.25) is 9.59 Å². The average molecular weight is 371 g/mol. The normalized spacial score (nSPS) is 9.96. The van der Waals surface area contributed by atoms with Crippen molar-refractivity contribution in [1.29, 1.82) is 0 Å². The minimum absolute atomic E-state index is 0.0717. The Morgan fingerprint density at radius 2 is 1.85 bits per heavy atom. The van der Waals surface area contributed by atoms with Crippen molar-refractivity contribution in [3.63, 3.8) is 0 Å². The van der Waals surface area contributed by atoms with Gasteiger partial charge in [0.2, 0.25) is 11.8 Å². The first-order valence-electron chi connectivity index (χ1n) is 7.97. The number of nitrogens with one attached hydrogen (secondary N) is 2. The number of amides is 2. The van der Waals surface area contributed by atoms with Gasteiger partial charge in [-0.25, -0.2) is 0 Å². The van der Waals surface area contributed by atoms with Gasteiger partial charge in [0.25, 0.3) is 0 Å². The maximum absolute atomic E-state index is 12.1. The molecule has 0 saturated carbocycles. The zero-order chi connectivity index (χ0) is 19.1. The molecular weight excluding hydrogens is 350 g/mol. The molecule has 0 bridgehead atoms. The zero-order valence-electron chi connectivity index (χ0n) is 14.9. The quantitative estimate of drug-likeness (QED) is 0.791. The summed E-state index contributed by atoms with van der Waals surface area (Å²) in [7, 11) is 3.28. The molecule has 0 aliphatic rings. The molecule has 6 nitrogen and oxygen atoms in total. The molecule has 0 aromatic heterocycles. The summed E-state index contributed by atoms with van der Waals surface area (Å²) in [6.07, 6.45) is 0.207. The molecule has 2 rings (SSSR count). The van der Waals surface area contributed by atoms with E-state index >= 15 is 0 Å². The number of thiocarbonyl (C=S) groups is 1. The molecule has 0 radical (unpaired) electrons. The number of nitrogens with zero attached hydrogens (tertiary/aromatic N) is 1. The van der Waals surface area contributed by atoms with Crippen LogP contribution < -0.4 is 20.3 Å². The molecule has 0 aliphatic carbocycles. The molecule has 2 N–H and O–H groups in total. The molecule has 2 amide bonds. The number of carbonyl (C=O) groups excluding carboxylic acids is 2. The van der Waals surface area contributed by atoms with Gasteiger partial charge < -0.3 is 20.3 Å². The van der Waals surface area contributed by atoms with E-state index in [0.29, 0.717) is 5.69 Å². The topological polar surface area (TPSA) is 70.7 Å². The maximum Gasteiger partial charge on any atom is 0.230 e. The van der Waals surface area contributed by atoms with Gasteiger partial charge in [0.15, 0.2) is 5.11 Å². The third kappa shape index (κ3) is 5.56. The van der Waals surface area contributed by atoms with Crippen LogP contribution in [0, 0.1) is 0 Å². The summed E-state index contributed by atoms with van der Waals surface area (Å²) in [4.78, 5) is 25.1. The molecule has 0 unspecified atom stereocenters. The summed E-state index contributed by atoms with van der Waals surface area (Å²) in [5.74, 6) is 0.448. The Hall–Kier alpha value is -2.93. The number of benzene rings is 2. The van der Waals surface area contributed by atoms with Gasteiger partial charge in [-0.1, -0.05) is 18.2 Å². The van der Waals surface area contributed by atoms with Crippen molar-refractivity contribution >= 4 is 40.5 Å². The Morgan fingerprint density at radius 3 is 2.46 bits per heavy atom. The minimum atomic E-state index is -0.218. The van der Waals surface area contributed by atoms with E-state index in [4.69, 9.17) is 17.0 Å². The second-order valence-electron chi connectivity index (χ2n) is 5.66. The Labute approximate surface area is 158 Å². The maximum atomic E-state index is 12.1. The summed E-state index contributed by atoms with van der Waals surface area (Å²) in [5.41, 5.74) is 2.27. The van der Waals surface area contributed by atoms with E-state index in [2.05, 4.69) is 10.6 Å². The first-order chi connectivity index (χ1) is 12.4. The standard InChI is InChI=1S/C19H21N3O3S/c1-13(23)22(2)16-6-4-5-15(12-16)20-19(26)21-18(24)11-14-7-9-17(25-3)10-8-14/h4-10,12H,11H2,1-3H3,(H2,20,21,24,26). The third-order valence-corrected chi connectivity index (χ3v) is 3.94. The monoisotopic (exact) mass is 371 g/mol. The highest BCUT2D eigenvalue weighted by Gasteiger charge is 2.09. The van der Waals surface area contributed by atoms with Crippen LogP contribution in [0.15, 0.2) is 48.5 Å². The van der Waals surface area contributed by atoms with Gasteiger partial charge in [-0.15, -0.1) is 0 Å². The predicted octanol–water partition coefficient (Wildman–Crippen LogP) is 2.73. The number of hydrogen-bond acceptors (Lipinski definition) is 4. The van der Waals surface area contributed by atoms with E-state index in [1.54, 1.807) is 44.5 Å². The summed E-state index contributed by atoms with van der Waals surface area (Å²) in [6, 6.07) is 14.5. The van der Waals surface area contributed by atoms with Crippen LogP contribution in [-0.2, 0) is 16.0 Å². The third-order valence-electron chi connectivity index (χ3n) is 3.74. The van der Waals surface area contributed by atoms with Crippen LogP contribution in [0.3, 0.4) is 0 Å². The number of hydrogen-bond donors (Lipinski definition) is 2. The lowest BCUT2D eigenvalue weighted by atomic mass is 10.1. The van der Waals surface area contributed by atoms with E-state index in [1.807, 2.05) is 18.2 Å². The van der Waals surface area contributed by atoms with Crippen LogP contribution in [0.5, 0.6) is 5.75 Å². The average Bonchev–Trinajstić information content (AvgIpc) is 2.61. The summed E-state index contributed by atoms with van der Waals surface area (Å²) < 4.78 is 5.09. The molecule has 2 aromatic carbocycles. The van der Waals surface area contributed by atoms with E-state index in [9.17, 15) is 9.59 Å². The number of rotatable bonds is 5. The summed E-state index contributed by atoms with van der Waals surface area (Å²) >= 11 is 5.18. The van der Waals surface area contributed by atoms with Crippen LogP contribution in [0.4, 0.5) is 11.4 Å². The first kappa shape index (κ1) is 19.4. The van der Waals surface area contributed by atoms with Crippen molar-refractivity contribution in [3.8, 4) is 5.75 Å². The van der Waals surface area contributed by atoms with E-state index < -0.39 is 0 Å². The summed E-state index contributed by atoms with van der Waals surface area (Å²) in [6.45, 7) is 1.49. The molecule has 0 heterocycles. The second kappa shape index (κ2) is 8.96. The number of methoxy groups -OCH3 is 1. The molecule has 7 heteroatoms. The second-order valence-corrected chi connectivity index (χ2v) is 6.06. The molecule has 0 aliphatic heterocycles. The van der Waals surface area contributed by atoms with Crippen molar-refractivity contribution < 1.29 is 14.3 Å². The van der Waals surface area contributed by atoms with Crippen LogP contribution >= 0.6 is 12.2 Å². The van der Waals surface area contributed by atoms with E-state index in [-0.39, 0.29) is 23.3 Å². The highest BCUT2D eigenvalue weighted by Crippen LogP contribution is 2.18. The van der Waals surface area contributed by atoms with Crippen LogP contribution in [0.2, 0.25) is 0 Å². The fraction of sp³-hybridized carbons (Fsp3) is 0.211. The number of carbonyl (C=O) groups is 2. The van der Waals surface area contributed by atoms with Crippen molar-refractivity contribution in [3.05, 3.63) is 54.1 Å². The van der Waals surface area contributed by atoms with Crippen molar-refractivity contribution in [1.82, 2.24) is 5.32 Å². The lowest BCUT2D eigenvalue weighted by Gasteiger charge is -2.16. The first-order valence-corrected chi connectivity index (χ1v) is 8.38. The van der Waals surface area contributed by atoms with Gasteiger partial charge in [0.05, 0.1) is 13.5 Å². The minimum Gasteiger partial charge on any atom is -0.497 e. The lowest BCUT2D eigenvalue weighted by Crippen LogP contribution is -2.35. The van der Waals surface area contributed by atoms with E-state index in [1.165, 1.54) is 11.8 Å². The van der Waals surface area contributed by atoms with Gasteiger partial charge in [-0.05, 0) is 48.1 Å².